The first kappa shape index (κ1) is 17.8. The monoisotopic (exact) mass is 386 g/mol. The van der Waals surface area contributed by atoms with Gasteiger partial charge in [-0.1, -0.05) is 6.07 Å². The third-order valence-corrected chi connectivity index (χ3v) is 5.59. The predicted octanol–water partition coefficient (Wildman–Crippen LogP) is 4.43. The van der Waals surface area contributed by atoms with Gasteiger partial charge in [0.1, 0.15) is 11.3 Å². The molecule has 0 radical (unpaired) electrons. The number of hydrogen-bond donors (Lipinski definition) is 0. The summed E-state index contributed by atoms with van der Waals surface area (Å²) < 4.78 is 10.1. The summed E-state index contributed by atoms with van der Waals surface area (Å²) in [6.45, 7) is 12.9. The fraction of sp³-hybridized carbons (Fsp3) is 0.364. The minimum atomic E-state index is 0.206. The number of imidazole rings is 1. The smallest absolute Gasteiger partial charge is 0.188 e. The van der Waals surface area contributed by atoms with Gasteiger partial charge in [0.05, 0.1) is 42.6 Å². The molecule has 0 aliphatic carbocycles. The third-order valence-electron chi connectivity index (χ3n) is 5.59. The van der Waals surface area contributed by atoms with Gasteiger partial charge >= 0.3 is 0 Å². The lowest BCUT2D eigenvalue weighted by Crippen LogP contribution is -2.27. The number of fused-ring (bicyclic) bond motifs is 3. The van der Waals surface area contributed by atoms with Crippen molar-refractivity contribution >= 4 is 27.6 Å². The molecule has 29 heavy (non-hydrogen) atoms. The fourth-order valence-electron chi connectivity index (χ4n) is 4.29. The van der Waals surface area contributed by atoms with E-state index in [1.807, 2.05) is 48.4 Å². The van der Waals surface area contributed by atoms with E-state index in [4.69, 9.17) is 16.3 Å². The lowest BCUT2D eigenvalue weighted by molar-refractivity contribution is 0.00619. The molecule has 3 aromatic heterocycles. The number of rotatable bonds is 3. The number of aromatic nitrogens is 5. The number of nitrogens with zero attached hydrogens (tertiary/aromatic N) is 6. The van der Waals surface area contributed by atoms with E-state index in [0.29, 0.717) is 12.2 Å². The Labute approximate surface area is 168 Å². The Kier molecular flexibility index (Phi) is 4.29. The molecular formula is C22H22N6O. The summed E-state index contributed by atoms with van der Waals surface area (Å²) in [6.07, 6.45) is 7.81. The molecule has 1 saturated heterocycles. The average molecular weight is 386 g/mol. The highest BCUT2D eigenvalue weighted by atomic mass is 16.5. The number of hydrogen-bond acceptors (Lipinski definition) is 4. The molecule has 2 atom stereocenters. The predicted molar refractivity (Wildman–Crippen MR) is 111 cm³/mol. The quantitative estimate of drug-likeness (QED) is 0.489. The fourth-order valence-corrected chi connectivity index (χ4v) is 4.29. The molecule has 1 aliphatic heterocycles. The van der Waals surface area contributed by atoms with E-state index < -0.39 is 0 Å². The Balaban J connectivity index is 1.75. The second-order valence-electron chi connectivity index (χ2n) is 7.78. The number of benzene rings is 1. The van der Waals surface area contributed by atoms with E-state index in [1.54, 1.807) is 0 Å². The van der Waals surface area contributed by atoms with Gasteiger partial charge in [0.15, 0.2) is 5.69 Å². The zero-order valence-electron chi connectivity index (χ0n) is 16.5. The van der Waals surface area contributed by atoms with E-state index >= 15 is 0 Å². The second kappa shape index (κ2) is 6.98. The summed E-state index contributed by atoms with van der Waals surface area (Å²) in [6, 6.07) is 5.96. The molecule has 0 saturated carbocycles. The molecule has 4 heterocycles. The molecule has 4 aromatic rings. The van der Waals surface area contributed by atoms with Gasteiger partial charge in [-0.2, -0.15) is 5.10 Å². The van der Waals surface area contributed by atoms with Gasteiger partial charge in [0.25, 0.3) is 0 Å². The van der Waals surface area contributed by atoms with Crippen molar-refractivity contribution in [3.05, 3.63) is 59.6 Å². The minimum absolute atomic E-state index is 0.206. The number of ether oxygens (including phenoxy) is 1. The molecule has 1 aliphatic rings. The first-order valence-corrected chi connectivity index (χ1v) is 9.90. The maximum Gasteiger partial charge on any atom is 0.188 e. The highest BCUT2D eigenvalue weighted by Gasteiger charge is 2.26. The van der Waals surface area contributed by atoms with E-state index in [9.17, 15) is 0 Å². The zero-order chi connectivity index (χ0) is 20.0. The molecule has 0 N–H and O–H groups in total. The molecule has 1 fully saturated rings. The first-order valence-electron chi connectivity index (χ1n) is 9.90. The van der Waals surface area contributed by atoms with Gasteiger partial charge in [-0.15, -0.1) is 0 Å². The SMILES string of the molecule is [C-]#[N+]c1ccc2ncc3nc(Cn4cc(C)cn4)n([C@@H]4CCO[C@H](C)C4)c3c2c1. The Morgan fingerprint density at radius 3 is 2.93 bits per heavy atom. The summed E-state index contributed by atoms with van der Waals surface area (Å²) in [5.74, 6) is 0.963. The van der Waals surface area contributed by atoms with Crippen molar-refractivity contribution in [2.24, 2.45) is 0 Å². The van der Waals surface area contributed by atoms with Gasteiger partial charge in [-0.3, -0.25) is 9.67 Å². The van der Waals surface area contributed by atoms with Crippen molar-refractivity contribution in [1.82, 2.24) is 24.3 Å². The third kappa shape index (κ3) is 3.15. The summed E-state index contributed by atoms with van der Waals surface area (Å²) >= 11 is 0. The Bertz CT molecular complexity index is 1250. The maximum absolute atomic E-state index is 7.41. The lowest BCUT2D eigenvalue weighted by atomic mass is 10.0. The zero-order valence-corrected chi connectivity index (χ0v) is 16.5. The van der Waals surface area contributed by atoms with E-state index in [1.165, 1.54) is 0 Å². The van der Waals surface area contributed by atoms with Crippen LogP contribution in [0.1, 0.15) is 37.2 Å². The van der Waals surface area contributed by atoms with Crippen LogP contribution in [0.4, 0.5) is 5.69 Å². The summed E-state index contributed by atoms with van der Waals surface area (Å²) in [5, 5.41) is 5.43. The van der Waals surface area contributed by atoms with Crippen LogP contribution in [-0.4, -0.2) is 37.0 Å². The summed E-state index contributed by atoms with van der Waals surface area (Å²) in [5.41, 5.74) is 4.54. The lowest BCUT2D eigenvalue weighted by Gasteiger charge is -2.30. The van der Waals surface area contributed by atoms with Crippen molar-refractivity contribution in [3.8, 4) is 0 Å². The van der Waals surface area contributed by atoms with Crippen LogP contribution in [0.2, 0.25) is 0 Å². The molecule has 0 bridgehead atoms. The maximum atomic E-state index is 7.41. The minimum Gasteiger partial charge on any atom is -0.378 e. The van der Waals surface area contributed by atoms with E-state index in [2.05, 4.69) is 26.4 Å². The standard InChI is InChI=1S/C22H22N6O/c1-14-10-25-27(12-14)13-21-26-20-11-24-19-5-4-16(23-3)9-18(19)22(20)28(21)17-6-7-29-15(2)8-17/h4-5,9-12,15,17H,6-8,13H2,1-2H3/t15-,17-/m1/s1. The van der Waals surface area contributed by atoms with Crippen LogP contribution in [0, 0.1) is 13.5 Å². The molecule has 7 nitrogen and oxygen atoms in total. The Hall–Kier alpha value is -3.24. The molecule has 0 amide bonds. The van der Waals surface area contributed by atoms with Crippen LogP contribution in [0.5, 0.6) is 0 Å². The van der Waals surface area contributed by atoms with Crippen LogP contribution < -0.4 is 0 Å². The number of aryl methyl sites for hydroxylation is 1. The van der Waals surface area contributed by atoms with Crippen molar-refractivity contribution in [3.63, 3.8) is 0 Å². The van der Waals surface area contributed by atoms with Crippen LogP contribution in [0.3, 0.4) is 0 Å². The normalized spacial score (nSPS) is 19.6. The van der Waals surface area contributed by atoms with Crippen LogP contribution >= 0.6 is 0 Å². The Morgan fingerprint density at radius 1 is 1.28 bits per heavy atom. The van der Waals surface area contributed by atoms with Crippen LogP contribution in [0.25, 0.3) is 26.8 Å². The molecule has 0 spiro atoms. The topological polar surface area (TPSA) is 62.1 Å². The van der Waals surface area contributed by atoms with Crippen molar-refractivity contribution in [1.29, 1.82) is 0 Å². The molecule has 1 aromatic carbocycles. The van der Waals surface area contributed by atoms with Gasteiger partial charge < -0.3 is 9.30 Å². The molecule has 7 heteroatoms. The number of pyridine rings is 1. The Morgan fingerprint density at radius 2 is 2.17 bits per heavy atom. The molecule has 146 valence electrons. The van der Waals surface area contributed by atoms with E-state index in [0.717, 1.165) is 52.8 Å². The highest BCUT2D eigenvalue weighted by molar-refractivity contribution is 6.03. The summed E-state index contributed by atoms with van der Waals surface area (Å²) in [7, 11) is 0. The van der Waals surface area contributed by atoms with Crippen LogP contribution in [-0.2, 0) is 11.3 Å². The largest absolute Gasteiger partial charge is 0.378 e. The van der Waals surface area contributed by atoms with Crippen LogP contribution in [0.15, 0.2) is 36.8 Å². The highest BCUT2D eigenvalue weighted by Crippen LogP contribution is 2.34. The summed E-state index contributed by atoms with van der Waals surface area (Å²) in [4.78, 5) is 13.1. The average Bonchev–Trinajstić information content (AvgIpc) is 3.30. The molecule has 5 rings (SSSR count). The van der Waals surface area contributed by atoms with Gasteiger partial charge in [-0.25, -0.2) is 9.83 Å². The van der Waals surface area contributed by atoms with Gasteiger partial charge in [-0.05, 0) is 44.4 Å². The second-order valence-corrected chi connectivity index (χ2v) is 7.78. The molecule has 0 unspecified atom stereocenters. The van der Waals surface area contributed by atoms with Crippen molar-refractivity contribution in [2.45, 2.75) is 45.4 Å². The van der Waals surface area contributed by atoms with Gasteiger partial charge in [0.2, 0.25) is 0 Å². The molecular weight excluding hydrogens is 364 g/mol. The van der Waals surface area contributed by atoms with E-state index in [-0.39, 0.29) is 12.1 Å². The first-order chi connectivity index (χ1) is 14.1. The van der Waals surface area contributed by atoms with Crippen molar-refractivity contribution in [2.75, 3.05) is 6.61 Å². The van der Waals surface area contributed by atoms with Crippen molar-refractivity contribution < 1.29 is 4.74 Å². The van der Waals surface area contributed by atoms with Gasteiger partial charge in [0, 0.05) is 24.2 Å².